The Hall–Kier alpha value is -4.50. The van der Waals surface area contributed by atoms with E-state index in [-0.39, 0.29) is 10.8 Å². The molecule has 0 radical (unpaired) electrons. The van der Waals surface area contributed by atoms with Gasteiger partial charge in [-0.2, -0.15) is 0 Å². The van der Waals surface area contributed by atoms with Crippen molar-refractivity contribution in [2.45, 2.75) is 63.2 Å². The number of hydrogen-bond donors (Lipinski definition) is 0. The highest BCUT2D eigenvalue weighted by Crippen LogP contribution is 2.61. The van der Waals surface area contributed by atoms with Crippen LogP contribution in [0.1, 0.15) is 69.2 Å². The molecule has 2 aromatic heterocycles. The van der Waals surface area contributed by atoms with E-state index in [4.69, 9.17) is 14.4 Å². The normalized spacial score (nSPS) is 25.1. The van der Waals surface area contributed by atoms with Crippen molar-refractivity contribution >= 4 is 11.1 Å². The number of nitrogens with zero attached hydrogens (tertiary/aromatic N) is 2. The van der Waals surface area contributed by atoms with Gasteiger partial charge in [-0.15, -0.1) is 0 Å². The van der Waals surface area contributed by atoms with E-state index in [0.717, 1.165) is 45.7 Å². The van der Waals surface area contributed by atoms with Gasteiger partial charge in [0.15, 0.2) is 12.0 Å². The van der Waals surface area contributed by atoms with Crippen LogP contribution >= 0.6 is 0 Å². The Morgan fingerprint density at radius 3 is 2.07 bits per heavy atom. The fourth-order valence-corrected chi connectivity index (χ4v) is 10.4. The minimum atomic E-state index is -0.0522. The van der Waals surface area contributed by atoms with Crippen molar-refractivity contribution in [2.24, 2.45) is 17.8 Å². The molecule has 6 aromatic rings. The predicted octanol–water partition coefficient (Wildman–Crippen LogP) is 11.0. The van der Waals surface area contributed by atoms with E-state index in [1.807, 2.05) is 0 Å². The molecule has 4 saturated carbocycles. The lowest BCUT2D eigenvalue weighted by molar-refractivity contribution is -0.00712. The van der Waals surface area contributed by atoms with Crippen molar-refractivity contribution in [3.8, 4) is 44.6 Å². The molecule has 4 aromatic carbocycles. The van der Waals surface area contributed by atoms with Crippen molar-refractivity contribution in [3.63, 3.8) is 0 Å². The van der Waals surface area contributed by atoms with Crippen LogP contribution in [0.15, 0.2) is 108 Å². The van der Waals surface area contributed by atoms with Gasteiger partial charge in [0.05, 0.1) is 5.69 Å². The topological polar surface area (TPSA) is 38.9 Å². The second-order valence-electron chi connectivity index (χ2n) is 15.3. The fourth-order valence-electron chi connectivity index (χ4n) is 10.4. The highest BCUT2D eigenvalue weighted by Gasteiger charge is 2.52. The molecule has 0 aliphatic heterocycles. The molecule has 3 nitrogen and oxygen atoms in total. The molecule has 46 heavy (non-hydrogen) atoms. The third-order valence-corrected chi connectivity index (χ3v) is 12.2. The number of aromatic nitrogens is 2. The first-order chi connectivity index (χ1) is 22.4. The van der Waals surface area contributed by atoms with Crippen LogP contribution in [-0.2, 0) is 10.8 Å². The van der Waals surface area contributed by atoms with Crippen LogP contribution in [0, 0.1) is 17.8 Å². The molecule has 0 atom stereocenters. The lowest BCUT2D eigenvalue weighted by Gasteiger charge is -2.56. The standard InChI is InChI=1S/C43H38N2O/c1-42(2)36-11-7-6-10-34(36)35-13-12-30(19-37(35)42)32-14-15-33(41-40(32)44-25-46-41)31-20-38(29-8-4-3-5-9-29)45-39(21-31)43-22-26-16-27(23-43)18-28(17-26)24-43/h3-15,19-21,25-28H,16-18,22-24H2,1-2H3. The zero-order valence-electron chi connectivity index (χ0n) is 26.6. The van der Waals surface area contributed by atoms with Gasteiger partial charge < -0.3 is 4.42 Å². The second-order valence-corrected chi connectivity index (χ2v) is 15.3. The van der Waals surface area contributed by atoms with Gasteiger partial charge in [-0.3, -0.25) is 4.98 Å². The van der Waals surface area contributed by atoms with E-state index < -0.39 is 0 Å². The van der Waals surface area contributed by atoms with Gasteiger partial charge in [-0.05, 0) is 114 Å². The van der Waals surface area contributed by atoms with Gasteiger partial charge >= 0.3 is 0 Å². The van der Waals surface area contributed by atoms with Gasteiger partial charge in [0, 0.05) is 33.2 Å². The van der Waals surface area contributed by atoms with Gasteiger partial charge in [-0.25, -0.2) is 4.98 Å². The molecule has 2 heterocycles. The molecule has 11 rings (SSSR count). The first kappa shape index (κ1) is 26.7. The summed E-state index contributed by atoms with van der Waals surface area (Å²) < 4.78 is 6.25. The van der Waals surface area contributed by atoms with E-state index in [0.29, 0.717) is 0 Å². The molecule has 5 aliphatic carbocycles. The summed E-state index contributed by atoms with van der Waals surface area (Å²) in [7, 11) is 0. The average Bonchev–Trinajstić information content (AvgIpc) is 3.65. The molecule has 0 amide bonds. The Balaban J connectivity index is 1.12. The monoisotopic (exact) mass is 598 g/mol. The predicted molar refractivity (Wildman–Crippen MR) is 186 cm³/mol. The van der Waals surface area contributed by atoms with Crippen molar-refractivity contribution in [2.75, 3.05) is 0 Å². The summed E-state index contributed by atoms with van der Waals surface area (Å²) in [6.07, 6.45) is 9.77. The van der Waals surface area contributed by atoms with Gasteiger partial charge in [-0.1, -0.05) is 86.6 Å². The van der Waals surface area contributed by atoms with Gasteiger partial charge in [0.25, 0.3) is 0 Å². The van der Waals surface area contributed by atoms with Crippen LogP contribution < -0.4 is 0 Å². The first-order valence-corrected chi connectivity index (χ1v) is 17.1. The maximum Gasteiger partial charge on any atom is 0.182 e. The van der Waals surface area contributed by atoms with Crippen LogP contribution in [0.3, 0.4) is 0 Å². The zero-order chi connectivity index (χ0) is 30.6. The molecule has 0 saturated heterocycles. The molecule has 4 bridgehead atoms. The summed E-state index contributed by atoms with van der Waals surface area (Å²) in [4.78, 5) is 10.3. The molecular formula is C43H38N2O. The van der Waals surface area contributed by atoms with E-state index in [1.54, 1.807) is 6.39 Å². The van der Waals surface area contributed by atoms with Crippen molar-refractivity contribution < 1.29 is 4.42 Å². The first-order valence-electron chi connectivity index (χ1n) is 17.1. The average molecular weight is 599 g/mol. The van der Waals surface area contributed by atoms with Crippen LogP contribution in [0.25, 0.3) is 55.7 Å². The number of hydrogen-bond acceptors (Lipinski definition) is 3. The maximum absolute atomic E-state index is 6.25. The number of oxazole rings is 1. The lowest BCUT2D eigenvalue weighted by atomic mass is 9.48. The Bertz CT molecular complexity index is 2140. The minimum Gasteiger partial charge on any atom is -0.443 e. The summed E-state index contributed by atoms with van der Waals surface area (Å²) in [6.45, 7) is 4.68. The largest absolute Gasteiger partial charge is 0.443 e. The molecule has 226 valence electrons. The number of rotatable bonds is 4. The molecule has 0 N–H and O–H groups in total. The Kier molecular flexibility index (Phi) is 5.52. The van der Waals surface area contributed by atoms with Crippen LogP contribution in [0.2, 0.25) is 0 Å². The third-order valence-electron chi connectivity index (χ3n) is 12.2. The summed E-state index contributed by atoms with van der Waals surface area (Å²) in [6, 6.07) is 35.6. The van der Waals surface area contributed by atoms with Crippen molar-refractivity contribution in [1.29, 1.82) is 0 Å². The molecular weight excluding hydrogens is 560 g/mol. The number of pyridine rings is 1. The highest BCUT2D eigenvalue weighted by molar-refractivity contribution is 6.00. The molecule has 0 unspecified atom stereocenters. The third kappa shape index (κ3) is 3.84. The van der Waals surface area contributed by atoms with E-state index >= 15 is 0 Å². The number of benzene rings is 4. The molecule has 3 heteroatoms. The van der Waals surface area contributed by atoms with Crippen molar-refractivity contribution in [1.82, 2.24) is 9.97 Å². The van der Waals surface area contributed by atoms with Crippen molar-refractivity contribution in [3.05, 3.63) is 120 Å². The summed E-state index contributed by atoms with van der Waals surface area (Å²) in [5.74, 6) is 2.59. The summed E-state index contributed by atoms with van der Waals surface area (Å²) >= 11 is 0. The van der Waals surface area contributed by atoms with E-state index in [1.165, 1.54) is 83.2 Å². The summed E-state index contributed by atoms with van der Waals surface area (Å²) in [5.41, 5.74) is 15.4. The SMILES string of the molecule is CC1(C)c2ccccc2-c2ccc(-c3ccc(-c4cc(-c5ccccc5)nc(C56CC7CC(CC(C7)C5)C6)c4)c4ocnc34)cc21. The van der Waals surface area contributed by atoms with Crippen LogP contribution in [-0.4, -0.2) is 9.97 Å². The van der Waals surface area contributed by atoms with Crippen LogP contribution in [0.5, 0.6) is 0 Å². The minimum absolute atomic E-state index is 0.0522. The van der Waals surface area contributed by atoms with Gasteiger partial charge in [0.1, 0.15) is 5.52 Å². The fraction of sp³-hybridized carbons (Fsp3) is 0.302. The Morgan fingerprint density at radius 1 is 0.609 bits per heavy atom. The van der Waals surface area contributed by atoms with E-state index in [9.17, 15) is 0 Å². The quantitative estimate of drug-likeness (QED) is 0.203. The Morgan fingerprint density at radius 2 is 1.28 bits per heavy atom. The molecule has 0 spiro atoms. The zero-order valence-corrected chi connectivity index (χ0v) is 26.6. The maximum atomic E-state index is 6.25. The number of fused-ring (bicyclic) bond motifs is 4. The van der Waals surface area contributed by atoms with E-state index in [2.05, 4.69) is 111 Å². The molecule has 5 aliphatic rings. The molecule has 4 fully saturated rings. The smallest absolute Gasteiger partial charge is 0.182 e. The highest BCUT2D eigenvalue weighted by atomic mass is 16.3. The van der Waals surface area contributed by atoms with Crippen LogP contribution in [0.4, 0.5) is 0 Å². The summed E-state index contributed by atoms with van der Waals surface area (Å²) in [5, 5.41) is 0. The second kappa shape index (κ2) is 9.51. The Labute approximate surface area is 270 Å². The lowest BCUT2D eigenvalue weighted by Crippen LogP contribution is -2.49. The van der Waals surface area contributed by atoms with Gasteiger partial charge in [0.2, 0.25) is 0 Å².